The number of thioether (sulfide) groups is 2. The fourth-order valence-corrected chi connectivity index (χ4v) is 4.89. The fraction of sp³-hybridized carbons (Fsp3) is 0.438. The third-order valence-electron chi connectivity index (χ3n) is 3.95. The minimum absolute atomic E-state index is 0.101. The molecular formula is C16H18N2O4S2. The van der Waals surface area contributed by atoms with Crippen LogP contribution in [-0.4, -0.2) is 59.1 Å². The van der Waals surface area contributed by atoms with Crippen molar-refractivity contribution in [1.82, 2.24) is 4.90 Å². The van der Waals surface area contributed by atoms with Gasteiger partial charge in [-0.15, -0.1) is 23.5 Å². The second-order valence-electron chi connectivity index (χ2n) is 5.52. The number of hydrogen-bond acceptors (Lipinski definition) is 6. The number of benzene rings is 1. The lowest BCUT2D eigenvalue weighted by Gasteiger charge is -2.32. The number of nitrogens with one attached hydrogen (secondary N) is 1. The highest BCUT2D eigenvalue weighted by Gasteiger charge is 2.34. The Morgan fingerprint density at radius 1 is 1.38 bits per heavy atom. The molecule has 1 fully saturated rings. The summed E-state index contributed by atoms with van der Waals surface area (Å²) in [5.41, 5.74) is 0.788. The molecule has 3 rings (SSSR count). The van der Waals surface area contributed by atoms with Crippen molar-refractivity contribution in [3.63, 3.8) is 0 Å². The number of anilines is 1. The summed E-state index contributed by atoms with van der Waals surface area (Å²) in [6, 6.07) is 7.55. The minimum atomic E-state index is -0.446. The smallest absolute Gasteiger partial charge is 0.320 e. The summed E-state index contributed by atoms with van der Waals surface area (Å²) in [5.74, 6) is 0.133. The van der Waals surface area contributed by atoms with Crippen LogP contribution in [-0.2, 0) is 19.1 Å². The van der Waals surface area contributed by atoms with Crippen LogP contribution >= 0.6 is 23.5 Å². The van der Waals surface area contributed by atoms with Crippen LogP contribution in [0.15, 0.2) is 29.2 Å². The van der Waals surface area contributed by atoms with Gasteiger partial charge >= 0.3 is 5.97 Å². The normalized spacial score (nSPS) is 23.2. The van der Waals surface area contributed by atoms with Crippen LogP contribution in [0.1, 0.15) is 6.42 Å². The fourth-order valence-electron chi connectivity index (χ4n) is 2.66. The summed E-state index contributed by atoms with van der Waals surface area (Å²) < 4.78 is 4.76. The van der Waals surface area contributed by atoms with Crippen LogP contribution in [0.25, 0.3) is 0 Å². The van der Waals surface area contributed by atoms with Gasteiger partial charge in [0.2, 0.25) is 11.8 Å². The van der Waals surface area contributed by atoms with Gasteiger partial charge in [-0.05, 0) is 12.1 Å². The number of amides is 2. The Labute approximate surface area is 148 Å². The van der Waals surface area contributed by atoms with Gasteiger partial charge in [0.25, 0.3) is 0 Å². The molecule has 2 atom stereocenters. The third-order valence-corrected chi connectivity index (χ3v) is 6.39. The number of esters is 1. The predicted octanol–water partition coefficient (Wildman–Crippen LogP) is 1.61. The van der Waals surface area contributed by atoms with Crippen molar-refractivity contribution < 1.29 is 19.1 Å². The molecule has 6 nitrogen and oxygen atoms in total. The zero-order valence-electron chi connectivity index (χ0n) is 13.2. The van der Waals surface area contributed by atoms with Crippen LogP contribution in [0.3, 0.4) is 0 Å². The molecule has 0 aliphatic carbocycles. The zero-order valence-corrected chi connectivity index (χ0v) is 14.8. The molecule has 2 heterocycles. The van der Waals surface area contributed by atoms with Crippen molar-refractivity contribution >= 4 is 47.0 Å². The number of fused-ring (bicyclic) bond motifs is 1. The Morgan fingerprint density at radius 3 is 2.96 bits per heavy atom. The molecule has 0 saturated carbocycles. The first-order valence-electron chi connectivity index (χ1n) is 7.62. The number of rotatable bonds is 3. The van der Waals surface area contributed by atoms with Gasteiger partial charge in [0.1, 0.15) is 5.25 Å². The van der Waals surface area contributed by atoms with E-state index in [1.165, 1.54) is 30.6 Å². The van der Waals surface area contributed by atoms with E-state index in [1.807, 2.05) is 24.3 Å². The summed E-state index contributed by atoms with van der Waals surface area (Å²) in [4.78, 5) is 39.1. The number of carbonyl (C=O) groups is 3. The van der Waals surface area contributed by atoms with Gasteiger partial charge in [-0.1, -0.05) is 12.1 Å². The molecule has 0 bridgehead atoms. The van der Waals surface area contributed by atoms with E-state index in [0.29, 0.717) is 18.8 Å². The van der Waals surface area contributed by atoms with Crippen molar-refractivity contribution in [2.24, 2.45) is 0 Å². The van der Waals surface area contributed by atoms with Crippen molar-refractivity contribution in [2.75, 3.05) is 31.3 Å². The van der Waals surface area contributed by atoms with E-state index in [9.17, 15) is 14.4 Å². The average molecular weight is 366 g/mol. The van der Waals surface area contributed by atoms with Gasteiger partial charge in [0, 0.05) is 30.2 Å². The maximum Gasteiger partial charge on any atom is 0.320 e. The molecule has 0 aromatic heterocycles. The molecule has 0 radical (unpaired) electrons. The van der Waals surface area contributed by atoms with Crippen molar-refractivity contribution in [3.8, 4) is 0 Å². The van der Waals surface area contributed by atoms with Gasteiger partial charge in [-0.2, -0.15) is 0 Å². The van der Waals surface area contributed by atoms with Crippen molar-refractivity contribution in [1.29, 1.82) is 0 Å². The average Bonchev–Trinajstić information content (AvgIpc) is 2.61. The molecule has 128 valence electrons. The van der Waals surface area contributed by atoms with Gasteiger partial charge < -0.3 is 15.0 Å². The highest BCUT2D eigenvalue weighted by Crippen LogP contribution is 2.37. The molecular weight excluding hydrogens is 348 g/mol. The lowest BCUT2D eigenvalue weighted by atomic mass is 10.2. The molecule has 1 N–H and O–H groups in total. The molecule has 2 aliphatic heterocycles. The Morgan fingerprint density at radius 2 is 2.17 bits per heavy atom. The third kappa shape index (κ3) is 3.70. The first-order valence-corrected chi connectivity index (χ1v) is 9.55. The molecule has 0 unspecified atom stereocenters. The van der Waals surface area contributed by atoms with Crippen LogP contribution in [0.4, 0.5) is 5.69 Å². The first-order chi connectivity index (χ1) is 11.6. The molecule has 24 heavy (non-hydrogen) atoms. The van der Waals surface area contributed by atoms with E-state index in [0.717, 1.165) is 10.6 Å². The summed E-state index contributed by atoms with van der Waals surface area (Å²) in [7, 11) is 1.35. The summed E-state index contributed by atoms with van der Waals surface area (Å²) >= 11 is 2.91. The summed E-state index contributed by atoms with van der Waals surface area (Å²) in [6.07, 6.45) is 0.128. The quantitative estimate of drug-likeness (QED) is 0.819. The van der Waals surface area contributed by atoms with E-state index in [-0.39, 0.29) is 29.5 Å². The number of hydrogen-bond donors (Lipinski definition) is 1. The molecule has 0 spiro atoms. The minimum Gasteiger partial charge on any atom is -0.468 e. The first kappa shape index (κ1) is 17.2. The summed E-state index contributed by atoms with van der Waals surface area (Å²) in [6.45, 7) is 0.929. The summed E-state index contributed by atoms with van der Waals surface area (Å²) in [5, 5.41) is 2.05. The van der Waals surface area contributed by atoms with Gasteiger partial charge in [0.05, 0.1) is 18.0 Å². The second-order valence-corrected chi connectivity index (χ2v) is 8.07. The van der Waals surface area contributed by atoms with Gasteiger partial charge in [-0.3, -0.25) is 14.4 Å². The molecule has 1 aromatic rings. The molecule has 1 saturated heterocycles. The Balaban J connectivity index is 1.62. The monoisotopic (exact) mass is 366 g/mol. The van der Waals surface area contributed by atoms with Crippen molar-refractivity contribution in [2.45, 2.75) is 21.8 Å². The molecule has 8 heteroatoms. The Bertz CT molecular complexity index is 667. The van der Waals surface area contributed by atoms with Crippen LogP contribution in [0.5, 0.6) is 0 Å². The highest BCUT2D eigenvalue weighted by molar-refractivity contribution is 8.01. The van der Waals surface area contributed by atoms with E-state index in [1.54, 1.807) is 4.90 Å². The number of para-hydroxylation sites is 1. The maximum atomic E-state index is 12.6. The van der Waals surface area contributed by atoms with E-state index in [2.05, 4.69) is 5.32 Å². The Hall–Kier alpha value is -1.67. The van der Waals surface area contributed by atoms with Crippen LogP contribution < -0.4 is 5.32 Å². The van der Waals surface area contributed by atoms with Crippen LogP contribution in [0, 0.1) is 0 Å². The lowest BCUT2D eigenvalue weighted by Crippen LogP contribution is -2.46. The maximum absolute atomic E-state index is 12.6. The largest absolute Gasteiger partial charge is 0.468 e. The van der Waals surface area contributed by atoms with E-state index < -0.39 is 5.25 Å². The number of ether oxygens (including phenoxy) is 1. The predicted molar refractivity (Wildman–Crippen MR) is 94.2 cm³/mol. The van der Waals surface area contributed by atoms with E-state index in [4.69, 9.17) is 4.74 Å². The highest BCUT2D eigenvalue weighted by atomic mass is 32.2. The SMILES string of the molecule is COC(=O)[C@H]1CN(C(=O)C[C@H]2Sc3ccccc3NC2=O)CCS1. The van der Waals surface area contributed by atoms with Gasteiger partial charge in [0.15, 0.2) is 0 Å². The second kappa shape index (κ2) is 7.48. The molecule has 2 amide bonds. The number of nitrogens with zero attached hydrogens (tertiary/aromatic N) is 1. The number of methoxy groups -OCH3 is 1. The topological polar surface area (TPSA) is 75.7 Å². The Kier molecular flexibility index (Phi) is 5.35. The standard InChI is InChI=1S/C16H18N2O4S2/c1-22-16(21)13-9-18(6-7-23-13)14(19)8-12-15(20)17-10-4-2-3-5-11(10)24-12/h2-5,12-13H,6-9H2,1H3,(H,17,20)/t12-,13-/m1/s1. The molecule has 2 aliphatic rings. The van der Waals surface area contributed by atoms with E-state index >= 15 is 0 Å². The van der Waals surface area contributed by atoms with Gasteiger partial charge in [-0.25, -0.2) is 0 Å². The van der Waals surface area contributed by atoms with Crippen molar-refractivity contribution in [3.05, 3.63) is 24.3 Å². The number of carbonyl (C=O) groups excluding carboxylic acids is 3. The molecule has 1 aromatic carbocycles. The van der Waals surface area contributed by atoms with Crippen LogP contribution in [0.2, 0.25) is 0 Å². The zero-order chi connectivity index (χ0) is 17.1. The lowest BCUT2D eigenvalue weighted by molar-refractivity contribution is -0.141.